The Bertz CT molecular complexity index is 929. The van der Waals surface area contributed by atoms with Crippen LogP contribution in [0.15, 0.2) is 53.6 Å². The topological polar surface area (TPSA) is 72.2 Å². The van der Waals surface area contributed by atoms with Crippen LogP contribution in [0.2, 0.25) is 5.02 Å². The second kappa shape index (κ2) is 7.27. The summed E-state index contributed by atoms with van der Waals surface area (Å²) in [5.74, 6) is 1.15. The van der Waals surface area contributed by atoms with E-state index in [2.05, 4.69) is 20.6 Å². The Kier molecular flexibility index (Phi) is 4.90. The van der Waals surface area contributed by atoms with Gasteiger partial charge in [0, 0.05) is 5.69 Å². The summed E-state index contributed by atoms with van der Waals surface area (Å²) in [6, 6.07) is 14.3. The zero-order valence-electron chi connectivity index (χ0n) is 13.8. The van der Waals surface area contributed by atoms with E-state index < -0.39 is 0 Å². The lowest BCUT2D eigenvalue weighted by atomic mass is 10.2. The van der Waals surface area contributed by atoms with Gasteiger partial charge in [0.05, 0.1) is 16.8 Å². The van der Waals surface area contributed by atoms with Crippen molar-refractivity contribution in [2.45, 2.75) is 13.8 Å². The van der Waals surface area contributed by atoms with Gasteiger partial charge in [0.2, 0.25) is 0 Å². The van der Waals surface area contributed by atoms with E-state index in [1.165, 1.54) is 0 Å². The number of anilines is 1. The van der Waals surface area contributed by atoms with Crippen LogP contribution in [0.5, 0.6) is 0 Å². The average Bonchev–Trinajstić information content (AvgIpc) is 2.92. The van der Waals surface area contributed by atoms with Crippen molar-refractivity contribution in [3.05, 3.63) is 76.3 Å². The molecule has 1 aromatic heterocycles. The van der Waals surface area contributed by atoms with Crippen molar-refractivity contribution in [1.29, 1.82) is 0 Å². The van der Waals surface area contributed by atoms with Crippen LogP contribution in [0.3, 0.4) is 0 Å². The summed E-state index contributed by atoms with van der Waals surface area (Å²) in [6.45, 7) is 3.66. The molecule has 3 aromatic rings. The summed E-state index contributed by atoms with van der Waals surface area (Å²) < 4.78 is 1.65. The summed E-state index contributed by atoms with van der Waals surface area (Å²) >= 11 is 6.06. The molecule has 0 radical (unpaired) electrons. The highest BCUT2D eigenvalue weighted by molar-refractivity contribution is 6.34. The molecule has 0 saturated heterocycles. The first kappa shape index (κ1) is 16.9. The molecular formula is C18H16ClN5O. The molecule has 0 saturated carbocycles. The molecule has 0 aliphatic heterocycles. The van der Waals surface area contributed by atoms with E-state index in [1.807, 2.05) is 32.0 Å². The van der Waals surface area contributed by atoms with Gasteiger partial charge in [-0.25, -0.2) is 4.68 Å². The van der Waals surface area contributed by atoms with Gasteiger partial charge in [-0.3, -0.25) is 4.79 Å². The van der Waals surface area contributed by atoms with E-state index in [1.54, 1.807) is 41.2 Å². The average molecular weight is 354 g/mol. The maximum Gasteiger partial charge on any atom is 0.257 e. The molecule has 0 aliphatic rings. The van der Waals surface area contributed by atoms with E-state index in [9.17, 15) is 4.79 Å². The molecule has 1 N–H and O–H groups in total. The second-order valence-corrected chi connectivity index (χ2v) is 5.82. The normalized spacial score (nSPS) is 11.0. The number of nitrogens with zero attached hydrogens (tertiary/aromatic N) is 4. The number of carbonyl (C=O) groups excluding carboxylic acids is 1. The Morgan fingerprint density at radius 3 is 2.56 bits per heavy atom. The number of aryl methyl sites for hydroxylation is 2. The minimum absolute atomic E-state index is 0.259. The van der Waals surface area contributed by atoms with Gasteiger partial charge in [0.1, 0.15) is 0 Å². The smallest absolute Gasteiger partial charge is 0.257 e. The summed E-state index contributed by atoms with van der Waals surface area (Å²) in [6.07, 6.45) is 1.69. The van der Waals surface area contributed by atoms with Crippen molar-refractivity contribution >= 4 is 29.4 Å². The van der Waals surface area contributed by atoms with Crippen molar-refractivity contribution in [1.82, 2.24) is 14.9 Å². The van der Waals surface area contributed by atoms with Gasteiger partial charge >= 0.3 is 0 Å². The molecule has 0 fully saturated rings. The van der Waals surface area contributed by atoms with Crippen LogP contribution in [0.25, 0.3) is 0 Å². The van der Waals surface area contributed by atoms with Gasteiger partial charge in [0.25, 0.3) is 5.91 Å². The molecule has 2 aromatic carbocycles. The largest absolute Gasteiger partial charge is 0.322 e. The lowest BCUT2D eigenvalue weighted by Crippen LogP contribution is -2.12. The molecule has 0 atom stereocenters. The number of carbonyl (C=O) groups is 1. The summed E-state index contributed by atoms with van der Waals surface area (Å²) in [5.41, 5.74) is 1.93. The first-order chi connectivity index (χ1) is 12.0. The Morgan fingerprint density at radius 2 is 1.84 bits per heavy atom. The number of amides is 1. The van der Waals surface area contributed by atoms with E-state index >= 15 is 0 Å². The number of aromatic nitrogens is 3. The first-order valence-electron chi connectivity index (χ1n) is 7.63. The molecule has 25 heavy (non-hydrogen) atoms. The minimum Gasteiger partial charge on any atom is -0.322 e. The lowest BCUT2D eigenvalue weighted by molar-refractivity contribution is 0.102. The Balaban J connectivity index is 1.78. The Labute approximate surface area is 150 Å². The number of hydrogen-bond donors (Lipinski definition) is 1. The van der Waals surface area contributed by atoms with Crippen LogP contribution < -0.4 is 5.32 Å². The zero-order valence-corrected chi connectivity index (χ0v) is 14.5. The quantitative estimate of drug-likeness (QED) is 0.727. The standard InChI is InChI=1S/C18H16ClN5O/c1-12-22-23-13(2)24(12)20-11-14-6-5-7-15(10-14)21-18(25)16-8-3-4-9-17(16)19/h3-11H,1-2H3,(H,21,25)/b20-11-. The van der Waals surface area contributed by atoms with Crippen LogP contribution in [0, 0.1) is 13.8 Å². The fraction of sp³-hybridized carbons (Fsp3) is 0.111. The Morgan fingerprint density at radius 1 is 1.12 bits per heavy atom. The fourth-order valence-electron chi connectivity index (χ4n) is 2.30. The monoisotopic (exact) mass is 353 g/mol. The SMILES string of the molecule is Cc1nnc(C)n1/N=C\c1cccc(NC(=O)c2ccccc2Cl)c1. The van der Waals surface area contributed by atoms with Crippen molar-refractivity contribution in [3.8, 4) is 0 Å². The first-order valence-corrected chi connectivity index (χ1v) is 8.01. The highest BCUT2D eigenvalue weighted by atomic mass is 35.5. The predicted molar refractivity (Wildman–Crippen MR) is 98.3 cm³/mol. The van der Waals surface area contributed by atoms with Crippen LogP contribution in [-0.2, 0) is 0 Å². The van der Waals surface area contributed by atoms with E-state index in [4.69, 9.17) is 11.6 Å². The molecule has 1 heterocycles. The highest BCUT2D eigenvalue weighted by Crippen LogP contribution is 2.17. The predicted octanol–water partition coefficient (Wildman–Crippen LogP) is 3.68. The molecule has 3 rings (SSSR count). The van der Waals surface area contributed by atoms with Gasteiger partial charge < -0.3 is 5.32 Å². The number of nitrogens with one attached hydrogen (secondary N) is 1. The third kappa shape index (κ3) is 3.92. The van der Waals surface area contributed by atoms with Crippen LogP contribution in [-0.4, -0.2) is 27.0 Å². The second-order valence-electron chi connectivity index (χ2n) is 5.41. The molecule has 0 unspecified atom stereocenters. The van der Waals surface area contributed by atoms with E-state index in [0.717, 1.165) is 5.56 Å². The number of rotatable bonds is 4. The van der Waals surface area contributed by atoms with E-state index in [0.29, 0.717) is 27.9 Å². The molecule has 126 valence electrons. The van der Waals surface area contributed by atoms with Crippen LogP contribution in [0.1, 0.15) is 27.6 Å². The van der Waals surface area contributed by atoms with Crippen molar-refractivity contribution in [3.63, 3.8) is 0 Å². The molecule has 0 spiro atoms. The fourth-order valence-corrected chi connectivity index (χ4v) is 2.52. The van der Waals surface area contributed by atoms with Gasteiger partial charge in [-0.05, 0) is 43.7 Å². The van der Waals surface area contributed by atoms with Gasteiger partial charge in [-0.15, -0.1) is 10.2 Å². The van der Waals surface area contributed by atoms with Crippen molar-refractivity contribution < 1.29 is 4.79 Å². The van der Waals surface area contributed by atoms with Gasteiger partial charge in [-0.2, -0.15) is 5.10 Å². The zero-order chi connectivity index (χ0) is 17.8. The molecule has 0 bridgehead atoms. The summed E-state index contributed by atoms with van der Waals surface area (Å²) in [4.78, 5) is 12.3. The van der Waals surface area contributed by atoms with Gasteiger partial charge in [0.15, 0.2) is 11.6 Å². The Hall–Kier alpha value is -2.99. The molecular weight excluding hydrogens is 338 g/mol. The molecule has 1 amide bonds. The minimum atomic E-state index is -0.259. The third-order valence-corrected chi connectivity index (χ3v) is 3.87. The van der Waals surface area contributed by atoms with Crippen LogP contribution >= 0.6 is 11.6 Å². The van der Waals surface area contributed by atoms with Crippen molar-refractivity contribution in [2.24, 2.45) is 5.10 Å². The third-order valence-electron chi connectivity index (χ3n) is 3.54. The van der Waals surface area contributed by atoms with Crippen LogP contribution in [0.4, 0.5) is 5.69 Å². The molecule has 0 aliphatic carbocycles. The number of halogens is 1. The lowest BCUT2D eigenvalue weighted by Gasteiger charge is -2.07. The molecule has 7 heteroatoms. The number of benzene rings is 2. The molecule has 6 nitrogen and oxygen atoms in total. The number of hydrogen-bond acceptors (Lipinski definition) is 4. The highest BCUT2D eigenvalue weighted by Gasteiger charge is 2.09. The summed E-state index contributed by atoms with van der Waals surface area (Å²) in [5, 5.41) is 15.5. The van der Waals surface area contributed by atoms with Gasteiger partial charge in [-0.1, -0.05) is 35.9 Å². The maximum absolute atomic E-state index is 12.3. The van der Waals surface area contributed by atoms with E-state index in [-0.39, 0.29) is 5.91 Å². The van der Waals surface area contributed by atoms with Crippen molar-refractivity contribution in [2.75, 3.05) is 5.32 Å². The maximum atomic E-state index is 12.3. The summed E-state index contributed by atoms with van der Waals surface area (Å²) in [7, 11) is 0.